The van der Waals surface area contributed by atoms with Crippen molar-refractivity contribution in [2.24, 2.45) is 5.90 Å². The Bertz CT molecular complexity index is 111. The highest BCUT2D eigenvalue weighted by atomic mass is 16.7. The van der Waals surface area contributed by atoms with Crippen LogP contribution in [-0.4, -0.2) is 25.5 Å². The van der Waals surface area contributed by atoms with Crippen molar-refractivity contribution in [3.8, 4) is 0 Å². The van der Waals surface area contributed by atoms with Crippen LogP contribution in [0.2, 0.25) is 0 Å². The van der Waals surface area contributed by atoms with Gasteiger partial charge in [0.2, 0.25) is 0 Å². The van der Waals surface area contributed by atoms with Crippen LogP contribution >= 0.6 is 0 Å². The van der Waals surface area contributed by atoms with Crippen LogP contribution < -0.4 is 5.90 Å². The third-order valence-electron chi connectivity index (χ3n) is 0.945. The summed E-state index contributed by atoms with van der Waals surface area (Å²) in [6.45, 7) is 4.24. The van der Waals surface area contributed by atoms with Crippen molar-refractivity contribution < 1.29 is 19.1 Å². The summed E-state index contributed by atoms with van der Waals surface area (Å²) < 4.78 is 9.72. The number of carbonyl (C=O) groups excluding carboxylic acids is 1. The van der Waals surface area contributed by atoms with Crippen molar-refractivity contribution in [3.63, 3.8) is 0 Å². The summed E-state index contributed by atoms with van der Waals surface area (Å²) in [4.78, 5) is 14.6. The maximum Gasteiger partial charge on any atom is 0.381 e. The van der Waals surface area contributed by atoms with Crippen molar-refractivity contribution in [3.05, 3.63) is 0 Å². The minimum absolute atomic E-state index is 0.375. The van der Waals surface area contributed by atoms with Crippen LogP contribution in [0.4, 0.5) is 0 Å². The quantitative estimate of drug-likeness (QED) is 0.449. The fraction of sp³-hybridized carbons (Fsp3) is 0.833. The third kappa shape index (κ3) is 3.92. The zero-order valence-electron chi connectivity index (χ0n) is 6.70. The highest BCUT2D eigenvalue weighted by Crippen LogP contribution is 1.95. The molecule has 0 unspecified atom stereocenters. The molecule has 0 bridgehead atoms. The monoisotopic (exact) mass is 163 g/mol. The molecule has 0 spiro atoms. The fourth-order valence-corrected chi connectivity index (χ4v) is 0.543. The highest BCUT2D eigenvalue weighted by molar-refractivity contribution is 5.72. The summed E-state index contributed by atoms with van der Waals surface area (Å²) in [5.74, 6) is 3.91. The topological polar surface area (TPSA) is 70.8 Å². The first-order chi connectivity index (χ1) is 5.26. The molecule has 0 aromatic carbocycles. The van der Waals surface area contributed by atoms with Crippen LogP contribution in [-0.2, 0) is 19.1 Å². The number of rotatable bonds is 5. The second kappa shape index (κ2) is 6.09. The van der Waals surface area contributed by atoms with E-state index in [1.165, 1.54) is 0 Å². The molecule has 0 amide bonds. The molecule has 0 atom stereocenters. The molecule has 0 heterocycles. The lowest BCUT2D eigenvalue weighted by Gasteiger charge is -2.12. The average molecular weight is 163 g/mol. The maximum atomic E-state index is 10.7. The summed E-state index contributed by atoms with van der Waals surface area (Å²) in [5.41, 5.74) is 0. The van der Waals surface area contributed by atoms with Crippen LogP contribution in [0, 0.1) is 0 Å². The summed E-state index contributed by atoms with van der Waals surface area (Å²) >= 11 is 0. The number of carbonyl (C=O) groups is 1. The molecule has 0 aromatic rings. The zero-order chi connectivity index (χ0) is 8.69. The van der Waals surface area contributed by atoms with E-state index in [-0.39, 0.29) is 0 Å². The second-order valence-electron chi connectivity index (χ2n) is 1.68. The molecule has 0 aromatic heterocycles. The van der Waals surface area contributed by atoms with Crippen LogP contribution in [0.25, 0.3) is 0 Å². The summed E-state index contributed by atoms with van der Waals surface area (Å²) in [6.07, 6.45) is -0.991. The third-order valence-corrected chi connectivity index (χ3v) is 0.945. The second-order valence-corrected chi connectivity index (χ2v) is 1.68. The van der Waals surface area contributed by atoms with Gasteiger partial charge in [-0.05, 0) is 13.8 Å². The van der Waals surface area contributed by atoms with Gasteiger partial charge in [0.15, 0.2) is 0 Å². The molecule has 0 radical (unpaired) electrons. The van der Waals surface area contributed by atoms with E-state index in [1.54, 1.807) is 13.8 Å². The lowest BCUT2D eigenvalue weighted by Crippen LogP contribution is -2.31. The number of hydrogen-bond acceptors (Lipinski definition) is 5. The molecule has 5 heteroatoms. The molecule has 5 nitrogen and oxygen atoms in total. The lowest BCUT2D eigenvalue weighted by molar-refractivity contribution is -0.193. The van der Waals surface area contributed by atoms with E-state index in [2.05, 4.69) is 10.7 Å². The van der Waals surface area contributed by atoms with Gasteiger partial charge in [-0.1, -0.05) is 0 Å². The lowest BCUT2D eigenvalue weighted by atomic mass is 10.6. The van der Waals surface area contributed by atoms with E-state index in [4.69, 9.17) is 9.47 Å². The van der Waals surface area contributed by atoms with Gasteiger partial charge in [-0.3, -0.25) is 0 Å². The largest absolute Gasteiger partial charge is 0.381 e. The van der Waals surface area contributed by atoms with Crippen LogP contribution in [0.5, 0.6) is 0 Å². The Kier molecular flexibility index (Phi) is 5.73. The van der Waals surface area contributed by atoms with E-state index in [1.807, 2.05) is 0 Å². The van der Waals surface area contributed by atoms with Crippen molar-refractivity contribution in [1.29, 1.82) is 0 Å². The fourth-order valence-electron chi connectivity index (χ4n) is 0.543. The Morgan fingerprint density at radius 3 is 2.09 bits per heavy atom. The van der Waals surface area contributed by atoms with Gasteiger partial charge in [0, 0.05) is 13.2 Å². The molecule has 0 aliphatic carbocycles. The predicted molar refractivity (Wildman–Crippen MR) is 37.3 cm³/mol. The molecule has 0 rings (SSSR count). The van der Waals surface area contributed by atoms with Gasteiger partial charge >= 0.3 is 5.97 Å². The summed E-state index contributed by atoms with van der Waals surface area (Å²) in [5, 5.41) is 0. The van der Waals surface area contributed by atoms with Gasteiger partial charge in [0.1, 0.15) is 0 Å². The van der Waals surface area contributed by atoms with Gasteiger partial charge < -0.3 is 14.3 Å². The normalized spacial score (nSPS) is 10.2. The smallest absolute Gasteiger partial charge is 0.370 e. The first kappa shape index (κ1) is 10.3. The van der Waals surface area contributed by atoms with Gasteiger partial charge in [-0.15, -0.1) is 0 Å². The zero-order valence-corrected chi connectivity index (χ0v) is 6.70. The Labute approximate surface area is 65.4 Å². The van der Waals surface area contributed by atoms with Gasteiger partial charge in [-0.25, -0.2) is 4.79 Å². The number of hydrogen-bond donors (Lipinski definition) is 1. The number of ether oxygens (including phenoxy) is 2. The SMILES string of the molecule is CCOC(OCC)C(=O)ON. The van der Waals surface area contributed by atoms with Crippen LogP contribution in [0.15, 0.2) is 0 Å². The van der Waals surface area contributed by atoms with E-state index >= 15 is 0 Å². The Hall–Kier alpha value is -0.650. The van der Waals surface area contributed by atoms with E-state index in [9.17, 15) is 4.79 Å². The van der Waals surface area contributed by atoms with Gasteiger partial charge in [0.25, 0.3) is 6.29 Å². The first-order valence-corrected chi connectivity index (χ1v) is 3.40. The standard InChI is InChI=1S/C6H13NO4/c1-3-9-6(10-4-2)5(8)11-7/h6H,3-4,7H2,1-2H3. The van der Waals surface area contributed by atoms with E-state index in [0.717, 1.165) is 0 Å². The molecule has 2 N–H and O–H groups in total. The Balaban J connectivity index is 3.76. The van der Waals surface area contributed by atoms with Gasteiger partial charge in [-0.2, -0.15) is 5.90 Å². The molecular formula is C6H13NO4. The molecule has 0 aliphatic heterocycles. The molecule has 11 heavy (non-hydrogen) atoms. The Morgan fingerprint density at radius 1 is 1.36 bits per heavy atom. The molecule has 0 fully saturated rings. The Morgan fingerprint density at radius 2 is 1.82 bits per heavy atom. The van der Waals surface area contributed by atoms with E-state index in [0.29, 0.717) is 13.2 Å². The van der Waals surface area contributed by atoms with Crippen molar-refractivity contribution in [2.45, 2.75) is 20.1 Å². The molecule has 66 valence electrons. The molecule has 0 saturated heterocycles. The van der Waals surface area contributed by atoms with Crippen molar-refractivity contribution in [1.82, 2.24) is 0 Å². The number of nitrogens with two attached hydrogens (primary N) is 1. The van der Waals surface area contributed by atoms with Gasteiger partial charge in [0.05, 0.1) is 0 Å². The molecule has 0 saturated carbocycles. The molecule has 0 aliphatic rings. The minimum atomic E-state index is -0.991. The van der Waals surface area contributed by atoms with Crippen LogP contribution in [0.3, 0.4) is 0 Å². The maximum absolute atomic E-state index is 10.7. The summed E-state index contributed by atoms with van der Waals surface area (Å²) in [7, 11) is 0. The molecular weight excluding hydrogens is 150 g/mol. The minimum Gasteiger partial charge on any atom is -0.370 e. The van der Waals surface area contributed by atoms with Crippen molar-refractivity contribution >= 4 is 5.97 Å². The first-order valence-electron chi connectivity index (χ1n) is 3.40. The van der Waals surface area contributed by atoms with Crippen molar-refractivity contribution in [2.75, 3.05) is 13.2 Å². The average Bonchev–Trinajstić information content (AvgIpc) is 2.03. The predicted octanol–water partition coefficient (Wildman–Crippen LogP) is -0.198. The van der Waals surface area contributed by atoms with Crippen LogP contribution in [0.1, 0.15) is 13.8 Å². The van der Waals surface area contributed by atoms with E-state index < -0.39 is 12.3 Å². The highest BCUT2D eigenvalue weighted by Gasteiger charge is 2.19. The summed E-state index contributed by atoms with van der Waals surface area (Å²) in [6, 6.07) is 0.